The molecule has 0 radical (unpaired) electrons. The highest BCUT2D eigenvalue weighted by Crippen LogP contribution is 2.18. The lowest BCUT2D eigenvalue weighted by Crippen LogP contribution is -2.46. The van der Waals surface area contributed by atoms with E-state index in [4.69, 9.17) is 4.74 Å². The van der Waals surface area contributed by atoms with Gasteiger partial charge in [0.05, 0.1) is 0 Å². The van der Waals surface area contributed by atoms with E-state index in [2.05, 4.69) is 39.0 Å². The van der Waals surface area contributed by atoms with Crippen molar-refractivity contribution in [1.29, 1.82) is 0 Å². The van der Waals surface area contributed by atoms with E-state index < -0.39 is 0 Å². The van der Waals surface area contributed by atoms with Crippen molar-refractivity contribution in [3.05, 3.63) is 0 Å². The average molecular weight is 495 g/mol. The third-order valence-electron chi connectivity index (χ3n) is 5.88. The van der Waals surface area contributed by atoms with Gasteiger partial charge in [0, 0.05) is 66.6 Å². The van der Waals surface area contributed by atoms with E-state index in [1.54, 1.807) is 0 Å². The van der Waals surface area contributed by atoms with Crippen LogP contribution in [0.3, 0.4) is 0 Å². The lowest BCUT2D eigenvalue weighted by Gasteiger charge is -2.34. The fraction of sp³-hybridized carbons (Fsp3) is 0.950. The molecule has 0 unspecified atom stereocenters. The standard InChI is InChI=1S/C20H41N5O.HI/c1-4-24-13-15-25(16-14-24)11-6-5-10-22-20(21-2)23(3)12-7-19-8-17-26-18-9-19;/h19H,4-18H2,1-3H3,(H,21,22);1H. The number of aliphatic imine (C=N–C) groups is 1. The highest BCUT2D eigenvalue weighted by molar-refractivity contribution is 14.0. The zero-order valence-electron chi connectivity index (χ0n) is 17.8. The summed E-state index contributed by atoms with van der Waals surface area (Å²) in [6.45, 7) is 13.6. The van der Waals surface area contributed by atoms with Crippen molar-refractivity contribution < 1.29 is 4.74 Å². The van der Waals surface area contributed by atoms with Crippen LogP contribution < -0.4 is 5.32 Å². The Bertz CT molecular complexity index is 396. The van der Waals surface area contributed by atoms with Gasteiger partial charge in [-0.1, -0.05) is 6.92 Å². The monoisotopic (exact) mass is 495 g/mol. The summed E-state index contributed by atoms with van der Waals surface area (Å²) in [6.07, 6.45) is 6.14. The first kappa shape index (κ1) is 24.9. The van der Waals surface area contributed by atoms with E-state index in [1.807, 2.05) is 7.05 Å². The number of hydrogen-bond acceptors (Lipinski definition) is 4. The Hall–Kier alpha value is -0.120. The number of piperazine rings is 1. The van der Waals surface area contributed by atoms with E-state index in [0.717, 1.165) is 38.2 Å². The van der Waals surface area contributed by atoms with Crippen LogP contribution in [0.5, 0.6) is 0 Å². The van der Waals surface area contributed by atoms with Gasteiger partial charge in [-0.25, -0.2) is 0 Å². The zero-order chi connectivity index (χ0) is 18.6. The first-order valence-corrected chi connectivity index (χ1v) is 10.7. The molecule has 0 aromatic rings. The molecule has 0 amide bonds. The summed E-state index contributed by atoms with van der Waals surface area (Å²) < 4.78 is 5.45. The summed E-state index contributed by atoms with van der Waals surface area (Å²) in [5.41, 5.74) is 0. The third-order valence-corrected chi connectivity index (χ3v) is 5.88. The largest absolute Gasteiger partial charge is 0.381 e. The highest BCUT2D eigenvalue weighted by Gasteiger charge is 2.16. The molecule has 2 aliphatic heterocycles. The fourth-order valence-electron chi connectivity index (χ4n) is 3.89. The van der Waals surface area contributed by atoms with Gasteiger partial charge in [0.1, 0.15) is 0 Å². The molecule has 0 aliphatic carbocycles. The molecule has 0 aromatic heterocycles. The molecule has 1 N–H and O–H groups in total. The van der Waals surface area contributed by atoms with Crippen LogP contribution in [0.4, 0.5) is 0 Å². The molecular formula is C20H42IN5O. The molecule has 2 heterocycles. The molecule has 0 aromatic carbocycles. The molecule has 2 fully saturated rings. The van der Waals surface area contributed by atoms with Gasteiger partial charge in [-0.3, -0.25) is 4.99 Å². The lowest BCUT2D eigenvalue weighted by atomic mass is 9.96. The first-order chi connectivity index (χ1) is 12.7. The Morgan fingerprint density at radius 2 is 1.78 bits per heavy atom. The molecule has 7 heteroatoms. The van der Waals surface area contributed by atoms with Gasteiger partial charge in [-0.05, 0) is 51.1 Å². The van der Waals surface area contributed by atoms with Crippen LogP contribution in [0.1, 0.15) is 39.0 Å². The Labute approximate surface area is 184 Å². The number of guanidine groups is 1. The molecular weight excluding hydrogens is 453 g/mol. The summed E-state index contributed by atoms with van der Waals surface area (Å²) in [5, 5.41) is 3.54. The minimum Gasteiger partial charge on any atom is -0.381 e. The second kappa shape index (κ2) is 14.8. The van der Waals surface area contributed by atoms with Crippen LogP contribution in [-0.4, -0.2) is 100 Å². The zero-order valence-corrected chi connectivity index (χ0v) is 20.1. The number of nitrogens with zero attached hydrogens (tertiary/aromatic N) is 4. The second-order valence-corrected chi connectivity index (χ2v) is 7.72. The smallest absolute Gasteiger partial charge is 0.193 e. The number of likely N-dealkylation sites (N-methyl/N-ethyl adjacent to an activating group) is 1. The molecule has 2 rings (SSSR count). The van der Waals surface area contributed by atoms with Gasteiger partial charge in [0.25, 0.3) is 0 Å². The van der Waals surface area contributed by atoms with Gasteiger partial charge in [-0.2, -0.15) is 0 Å². The van der Waals surface area contributed by atoms with Crippen molar-refractivity contribution in [2.24, 2.45) is 10.9 Å². The van der Waals surface area contributed by atoms with Crippen molar-refractivity contribution in [1.82, 2.24) is 20.0 Å². The van der Waals surface area contributed by atoms with Gasteiger partial charge in [-0.15, -0.1) is 24.0 Å². The summed E-state index contributed by atoms with van der Waals surface area (Å²) in [6, 6.07) is 0. The number of nitrogens with one attached hydrogen (secondary N) is 1. The van der Waals surface area contributed by atoms with E-state index in [-0.39, 0.29) is 24.0 Å². The molecule has 27 heavy (non-hydrogen) atoms. The number of rotatable bonds is 9. The molecule has 0 bridgehead atoms. The Morgan fingerprint density at radius 3 is 2.41 bits per heavy atom. The molecule has 0 atom stereocenters. The average Bonchev–Trinajstić information content (AvgIpc) is 2.70. The molecule has 160 valence electrons. The number of unbranched alkanes of at least 4 members (excludes halogenated alkanes) is 1. The summed E-state index contributed by atoms with van der Waals surface area (Å²) in [4.78, 5) is 11.9. The summed E-state index contributed by atoms with van der Waals surface area (Å²) in [7, 11) is 4.04. The SMILES string of the molecule is CCN1CCN(CCCCNC(=NC)N(C)CCC2CCOCC2)CC1.I. The van der Waals surface area contributed by atoms with E-state index in [9.17, 15) is 0 Å². The normalized spacial score (nSPS) is 20.3. The number of halogens is 1. The van der Waals surface area contributed by atoms with Crippen LogP contribution in [0.15, 0.2) is 4.99 Å². The van der Waals surface area contributed by atoms with Crippen LogP contribution in [0.25, 0.3) is 0 Å². The van der Waals surface area contributed by atoms with Crippen LogP contribution >= 0.6 is 24.0 Å². The number of hydrogen-bond donors (Lipinski definition) is 1. The fourth-order valence-corrected chi connectivity index (χ4v) is 3.89. The minimum atomic E-state index is 0. The van der Waals surface area contributed by atoms with Crippen LogP contribution in [0.2, 0.25) is 0 Å². The maximum absolute atomic E-state index is 5.45. The Balaban J connectivity index is 0.00000364. The van der Waals surface area contributed by atoms with Gasteiger partial charge < -0.3 is 24.8 Å². The van der Waals surface area contributed by atoms with E-state index >= 15 is 0 Å². The Kier molecular flexibility index (Phi) is 13.7. The Morgan fingerprint density at radius 1 is 1.11 bits per heavy atom. The second-order valence-electron chi connectivity index (χ2n) is 7.72. The van der Waals surface area contributed by atoms with Gasteiger partial charge >= 0.3 is 0 Å². The maximum atomic E-state index is 5.45. The van der Waals surface area contributed by atoms with Crippen molar-refractivity contribution in [3.63, 3.8) is 0 Å². The van der Waals surface area contributed by atoms with Crippen molar-refractivity contribution >= 4 is 29.9 Å². The van der Waals surface area contributed by atoms with E-state index in [0.29, 0.717) is 0 Å². The maximum Gasteiger partial charge on any atom is 0.193 e. The van der Waals surface area contributed by atoms with E-state index in [1.165, 1.54) is 71.4 Å². The molecule has 0 spiro atoms. The quantitative estimate of drug-likeness (QED) is 0.230. The molecule has 2 saturated heterocycles. The van der Waals surface area contributed by atoms with Crippen molar-refractivity contribution in [3.8, 4) is 0 Å². The predicted molar refractivity (Wildman–Crippen MR) is 125 cm³/mol. The lowest BCUT2D eigenvalue weighted by molar-refractivity contribution is 0.0625. The first-order valence-electron chi connectivity index (χ1n) is 10.7. The molecule has 6 nitrogen and oxygen atoms in total. The summed E-state index contributed by atoms with van der Waals surface area (Å²) >= 11 is 0. The third kappa shape index (κ3) is 9.76. The van der Waals surface area contributed by atoms with Gasteiger partial charge in [0.15, 0.2) is 5.96 Å². The molecule has 2 aliphatic rings. The molecule has 0 saturated carbocycles. The van der Waals surface area contributed by atoms with Crippen LogP contribution in [-0.2, 0) is 4.74 Å². The highest BCUT2D eigenvalue weighted by atomic mass is 127. The topological polar surface area (TPSA) is 43.3 Å². The predicted octanol–water partition coefficient (Wildman–Crippen LogP) is 2.35. The summed E-state index contributed by atoms with van der Waals surface area (Å²) in [5.74, 6) is 1.85. The van der Waals surface area contributed by atoms with Crippen molar-refractivity contribution in [2.75, 3.05) is 79.7 Å². The van der Waals surface area contributed by atoms with Crippen molar-refractivity contribution in [2.45, 2.75) is 39.0 Å². The van der Waals surface area contributed by atoms with Gasteiger partial charge in [0.2, 0.25) is 0 Å². The minimum absolute atomic E-state index is 0. The number of ether oxygens (including phenoxy) is 1. The van der Waals surface area contributed by atoms with Crippen LogP contribution in [0, 0.1) is 5.92 Å².